The highest BCUT2D eigenvalue weighted by molar-refractivity contribution is 7.93. The van der Waals surface area contributed by atoms with Crippen molar-refractivity contribution in [3.05, 3.63) is 143 Å². The van der Waals surface area contributed by atoms with Crippen molar-refractivity contribution in [1.82, 2.24) is 4.90 Å². The van der Waals surface area contributed by atoms with Crippen LogP contribution in [0.4, 0.5) is 37.7 Å². The summed E-state index contributed by atoms with van der Waals surface area (Å²) >= 11 is 11.7. The van der Waals surface area contributed by atoms with Crippen LogP contribution >= 0.6 is 23.2 Å². The van der Waals surface area contributed by atoms with Gasteiger partial charge in [0.15, 0.2) is 0 Å². The third-order valence-corrected chi connectivity index (χ3v) is 12.9. The molecule has 12 nitrogen and oxygen atoms in total. The van der Waals surface area contributed by atoms with Gasteiger partial charge in [0.1, 0.15) is 24.6 Å². The minimum Gasteiger partial charge on any atom is -0.480 e. The van der Waals surface area contributed by atoms with Gasteiger partial charge in [-0.25, -0.2) is 16.8 Å². The number of carbonyl (C=O) groups is 2. The molecule has 1 aliphatic rings. The molecule has 1 saturated heterocycles. The number of likely N-dealkylation sites (tertiary alicyclic amines) is 1. The Labute approximate surface area is 361 Å². The summed E-state index contributed by atoms with van der Waals surface area (Å²) in [7, 11) is -8.68. The van der Waals surface area contributed by atoms with E-state index in [4.69, 9.17) is 28.3 Å². The van der Waals surface area contributed by atoms with Gasteiger partial charge in [0.2, 0.25) is 5.91 Å². The SMILES string of the molecule is O=C(CN(c1ccc(Cl)cc1)S(=O)(=O)c1ccc(OC(F)(F)F)cc1)N1CCCC1c1ccccc1.O=C(O)CN(c1ccc(Cl)cc1)S(=O)(=O)c1ccc(OC(F)(F)F)cc1. The maximum Gasteiger partial charge on any atom is 0.573 e. The molecule has 1 heterocycles. The third kappa shape index (κ3) is 12.7. The number of rotatable bonds is 13. The minimum atomic E-state index is -4.92. The van der Waals surface area contributed by atoms with E-state index in [9.17, 15) is 52.8 Å². The zero-order valence-corrected chi connectivity index (χ0v) is 34.8. The molecule has 0 bridgehead atoms. The number of aliphatic carboxylic acids is 1. The van der Waals surface area contributed by atoms with E-state index in [2.05, 4.69) is 9.47 Å². The summed E-state index contributed by atoms with van der Waals surface area (Å²) in [6.07, 6.45) is -8.30. The number of hydrogen-bond donors (Lipinski definition) is 1. The normalized spacial score (nSPS) is 14.3. The van der Waals surface area contributed by atoms with Crippen LogP contribution < -0.4 is 18.1 Å². The van der Waals surface area contributed by atoms with E-state index < -0.39 is 74.1 Å². The van der Waals surface area contributed by atoms with Crippen LogP contribution in [0.5, 0.6) is 11.5 Å². The maximum atomic E-state index is 13.6. The van der Waals surface area contributed by atoms with Gasteiger partial charge in [-0.05, 0) is 115 Å². The van der Waals surface area contributed by atoms with Crippen molar-refractivity contribution in [2.45, 2.75) is 41.4 Å². The van der Waals surface area contributed by atoms with Crippen LogP contribution in [0.15, 0.2) is 137 Å². The molecule has 1 unspecified atom stereocenters. The Balaban J connectivity index is 0.000000247. The number of benzene rings is 5. The lowest BCUT2D eigenvalue weighted by molar-refractivity contribution is -0.275. The fourth-order valence-electron chi connectivity index (χ4n) is 6.15. The first-order valence-electron chi connectivity index (χ1n) is 17.9. The van der Waals surface area contributed by atoms with Crippen molar-refractivity contribution in [3.8, 4) is 11.5 Å². The number of carboxylic acid groups (broad SMARTS) is 1. The van der Waals surface area contributed by atoms with E-state index in [1.807, 2.05) is 30.3 Å². The van der Waals surface area contributed by atoms with Gasteiger partial charge in [-0.2, -0.15) is 0 Å². The fraction of sp³-hybridized carbons (Fsp3) is 0.200. The van der Waals surface area contributed by atoms with Gasteiger partial charge in [0.25, 0.3) is 20.0 Å². The van der Waals surface area contributed by atoms with Crippen LogP contribution in [0, 0.1) is 0 Å². The van der Waals surface area contributed by atoms with Crippen molar-refractivity contribution in [1.29, 1.82) is 0 Å². The Hall–Kier alpha value is -5.70. The molecule has 0 aromatic heterocycles. The summed E-state index contributed by atoms with van der Waals surface area (Å²) in [6.45, 7) is -0.894. The highest BCUT2D eigenvalue weighted by Gasteiger charge is 2.36. The zero-order valence-electron chi connectivity index (χ0n) is 31.6. The number of sulfonamides is 2. The number of alkyl halides is 6. The highest BCUT2D eigenvalue weighted by Crippen LogP contribution is 2.34. The van der Waals surface area contributed by atoms with E-state index in [-0.39, 0.29) is 22.3 Å². The van der Waals surface area contributed by atoms with Crippen molar-refractivity contribution in [2.24, 2.45) is 0 Å². The summed E-state index contributed by atoms with van der Waals surface area (Å²) in [5.41, 5.74) is 1.19. The Bertz CT molecular complexity index is 2540. The van der Waals surface area contributed by atoms with Crippen LogP contribution in [0.2, 0.25) is 10.0 Å². The third-order valence-electron chi connectivity index (χ3n) is 8.84. The summed E-state index contributed by atoms with van der Waals surface area (Å²) < 4.78 is 136. The summed E-state index contributed by atoms with van der Waals surface area (Å²) in [5, 5.41) is 9.69. The Morgan fingerprint density at radius 3 is 1.42 bits per heavy atom. The molecule has 5 aromatic rings. The van der Waals surface area contributed by atoms with Gasteiger partial charge in [-0.1, -0.05) is 53.5 Å². The fourth-order valence-corrected chi connectivity index (χ4v) is 9.23. The van der Waals surface area contributed by atoms with Crippen LogP contribution in [-0.2, 0) is 29.6 Å². The summed E-state index contributed by atoms with van der Waals surface area (Å²) in [6, 6.07) is 27.9. The first-order chi connectivity index (χ1) is 29.0. The second-order valence-electron chi connectivity index (χ2n) is 13.1. The molecule has 1 atom stereocenters. The lowest BCUT2D eigenvalue weighted by Gasteiger charge is -2.30. The second kappa shape index (κ2) is 19.6. The van der Waals surface area contributed by atoms with E-state index in [1.54, 1.807) is 4.90 Å². The lowest BCUT2D eigenvalue weighted by Crippen LogP contribution is -2.42. The Kier molecular flexibility index (Phi) is 14.9. The molecule has 1 aliphatic heterocycles. The summed E-state index contributed by atoms with van der Waals surface area (Å²) in [5.74, 6) is -2.97. The Morgan fingerprint density at radius 2 is 1.03 bits per heavy atom. The van der Waals surface area contributed by atoms with Crippen LogP contribution in [0.25, 0.3) is 0 Å². The first kappa shape index (κ1) is 47.4. The topological polar surface area (TPSA) is 151 Å². The standard InChI is InChI=1S/C25H22ClF3N2O4S.C15H11ClF3NO5S/c26-19-8-10-20(11-9-19)31(36(33,34)22-14-12-21(13-15-22)35-25(27,28)29)17-24(32)30-16-4-7-23(30)18-5-2-1-3-6-18;16-10-1-3-11(4-2-10)20(9-14(21)22)26(23,24)13-7-5-12(6-8-13)25-15(17,18)19/h1-3,5-6,8-15,23H,4,7,16-17H2;1-8H,9H2,(H,21,22). The maximum absolute atomic E-state index is 13.6. The molecule has 62 heavy (non-hydrogen) atoms. The molecule has 0 radical (unpaired) electrons. The Morgan fingerprint density at radius 1 is 0.629 bits per heavy atom. The monoisotopic (exact) mass is 947 g/mol. The van der Waals surface area contributed by atoms with Crippen LogP contribution in [0.1, 0.15) is 24.4 Å². The molecule has 0 saturated carbocycles. The average molecular weight is 949 g/mol. The zero-order chi connectivity index (χ0) is 45.5. The molecule has 330 valence electrons. The predicted molar refractivity (Wildman–Crippen MR) is 216 cm³/mol. The minimum absolute atomic E-state index is 0.0346. The van der Waals surface area contributed by atoms with Gasteiger partial charge >= 0.3 is 18.7 Å². The average Bonchev–Trinajstić information content (AvgIpc) is 3.70. The second-order valence-corrected chi connectivity index (χ2v) is 17.7. The van der Waals surface area contributed by atoms with Gasteiger partial charge < -0.3 is 19.5 Å². The van der Waals surface area contributed by atoms with Crippen LogP contribution in [0.3, 0.4) is 0 Å². The van der Waals surface area contributed by atoms with Crippen molar-refractivity contribution in [3.63, 3.8) is 0 Å². The number of anilines is 2. The molecule has 1 fully saturated rings. The highest BCUT2D eigenvalue weighted by atomic mass is 35.5. The van der Waals surface area contributed by atoms with Gasteiger partial charge in [0.05, 0.1) is 27.2 Å². The summed E-state index contributed by atoms with van der Waals surface area (Å²) in [4.78, 5) is 25.4. The smallest absolute Gasteiger partial charge is 0.480 e. The number of amides is 1. The first-order valence-corrected chi connectivity index (χ1v) is 21.5. The van der Waals surface area contributed by atoms with Crippen molar-refractivity contribution >= 4 is 66.5 Å². The number of nitrogens with zero attached hydrogens (tertiary/aromatic N) is 3. The van der Waals surface area contributed by atoms with Crippen molar-refractivity contribution < 1.29 is 67.3 Å². The molecular formula is C40H33Cl2F6N3O9S2. The molecule has 0 spiro atoms. The number of carbonyl (C=O) groups excluding carboxylic acids is 1. The largest absolute Gasteiger partial charge is 0.573 e. The lowest BCUT2D eigenvalue weighted by atomic mass is 10.0. The molecule has 1 amide bonds. The number of carboxylic acids is 1. The van der Waals surface area contributed by atoms with Gasteiger partial charge in [0, 0.05) is 16.6 Å². The van der Waals surface area contributed by atoms with E-state index >= 15 is 0 Å². The molecule has 22 heteroatoms. The van der Waals surface area contributed by atoms with E-state index in [0.29, 0.717) is 20.9 Å². The molecular weight excluding hydrogens is 915 g/mol. The van der Waals surface area contributed by atoms with Gasteiger partial charge in [-0.15, -0.1) is 26.3 Å². The number of ether oxygens (including phenoxy) is 2. The van der Waals surface area contributed by atoms with Crippen molar-refractivity contribution in [2.75, 3.05) is 28.2 Å². The number of hydrogen-bond acceptors (Lipinski definition) is 8. The molecule has 5 aromatic carbocycles. The molecule has 0 aliphatic carbocycles. The van der Waals surface area contributed by atoms with Crippen LogP contribution in [-0.4, -0.2) is 71.1 Å². The van der Waals surface area contributed by atoms with Gasteiger partial charge in [-0.3, -0.25) is 18.2 Å². The van der Waals surface area contributed by atoms with E-state index in [0.717, 1.165) is 71.2 Å². The quantitative estimate of drug-likeness (QED) is 0.114. The predicted octanol–water partition coefficient (Wildman–Crippen LogP) is 9.32. The van der Waals surface area contributed by atoms with E-state index in [1.165, 1.54) is 48.5 Å². The number of halogens is 8. The molecule has 6 rings (SSSR count). The molecule has 1 N–H and O–H groups in total.